The molecular formula is C14H17N3O3. The number of aliphatic carboxylic acids is 1. The van der Waals surface area contributed by atoms with E-state index in [-0.39, 0.29) is 5.69 Å². The Morgan fingerprint density at radius 2 is 2.05 bits per heavy atom. The maximum atomic E-state index is 12.1. The second kappa shape index (κ2) is 4.96. The van der Waals surface area contributed by atoms with Crippen molar-refractivity contribution in [2.24, 2.45) is 5.41 Å². The van der Waals surface area contributed by atoms with E-state index in [1.807, 2.05) is 12.1 Å². The van der Waals surface area contributed by atoms with Crippen molar-refractivity contribution in [1.82, 2.24) is 14.7 Å². The molecule has 0 radical (unpaired) electrons. The molecule has 2 N–H and O–H groups in total. The zero-order valence-corrected chi connectivity index (χ0v) is 11.6. The van der Waals surface area contributed by atoms with Gasteiger partial charge in [0.1, 0.15) is 17.4 Å². The summed E-state index contributed by atoms with van der Waals surface area (Å²) in [5.41, 5.74) is 0.257. The van der Waals surface area contributed by atoms with Crippen LogP contribution in [-0.2, 0) is 4.79 Å². The van der Waals surface area contributed by atoms with Crippen LogP contribution in [0.4, 0.5) is 0 Å². The number of carboxylic acids is 1. The lowest BCUT2D eigenvalue weighted by Crippen LogP contribution is -2.49. The van der Waals surface area contributed by atoms with Gasteiger partial charge in [-0.3, -0.25) is 4.79 Å². The molecule has 6 heteroatoms. The van der Waals surface area contributed by atoms with E-state index in [0.29, 0.717) is 5.65 Å². The maximum absolute atomic E-state index is 12.1. The number of carbonyl (C=O) groups is 2. The van der Waals surface area contributed by atoms with Crippen molar-refractivity contribution in [2.45, 2.75) is 26.8 Å². The summed E-state index contributed by atoms with van der Waals surface area (Å²) in [5, 5.41) is 11.7. The average molecular weight is 275 g/mol. The number of nitrogens with one attached hydrogen (secondary N) is 1. The van der Waals surface area contributed by atoms with E-state index in [0.717, 1.165) is 0 Å². The van der Waals surface area contributed by atoms with Crippen molar-refractivity contribution in [3.8, 4) is 0 Å². The van der Waals surface area contributed by atoms with Crippen LogP contribution in [0.15, 0.2) is 30.6 Å². The summed E-state index contributed by atoms with van der Waals surface area (Å²) in [6, 6.07) is 4.44. The summed E-state index contributed by atoms with van der Waals surface area (Å²) in [4.78, 5) is 27.5. The van der Waals surface area contributed by atoms with E-state index >= 15 is 0 Å². The van der Waals surface area contributed by atoms with Gasteiger partial charge >= 0.3 is 5.97 Å². The Kier molecular flexibility index (Phi) is 3.48. The smallest absolute Gasteiger partial charge is 0.326 e. The van der Waals surface area contributed by atoms with Crippen LogP contribution in [0, 0.1) is 5.41 Å². The molecule has 0 aromatic carbocycles. The van der Waals surface area contributed by atoms with Gasteiger partial charge in [0, 0.05) is 12.4 Å². The Bertz CT molecular complexity index is 622. The van der Waals surface area contributed by atoms with Crippen LogP contribution in [0.1, 0.15) is 31.3 Å². The largest absolute Gasteiger partial charge is 0.480 e. The molecule has 2 rings (SSSR count). The predicted octanol–water partition coefficient (Wildman–Crippen LogP) is 1.56. The molecule has 0 saturated heterocycles. The first-order valence-corrected chi connectivity index (χ1v) is 6.26. The fraction of sp³-hybridized carbons (Fsp3) is 0.357. The van der Waals surface area contributed by atoms with E-state index in [1.54, 1.807) is 43.6 Å². The number of pyridine rings is 1. The molecular weight excluding hydrogens is 258 g/mol. The number of nitrogens with zero attached hydrogens (tertiary/aromatic N) is 2. The van der Waals surface area contributed by atoms with Crippen molar-refractivity contribution in [3.05, 3.63) is 36.3 Å². The summed E-state index contributed by atoms with van der Waals surface area (Å²) in [6.07, 6.45) is 3.35. The summed E-state index contributed by atoms with van der Waals surface area (Å²) in [6.45, 7) is 5.28. The van der Waals surface area contributed by atoms with Gasteiger partial charge in [0.15, 0.2) is 0 Å². The molecule has 0 bridgehead atoms. The van der Waals surface area contributed by atoms with E-state index in [1.165, 1.54) is 0 Å². The summed E-state index contributed by atoms with van der Waals surface area (Å²) < 4.78 is 1.71. The molecule has 2 aromatic heterocycles. The fourth-order valence-corrected chi connectivity index (χ4v) is 1.90. The van der Waals surface area contributed by atoms with E-state index in [2.05, 4.69) is 10.3 Å². The van der Waals surface area contributed by atoms with Crippen LogP contribution < -0.4 is 5.32 Å². The number of rotatable bonds is 3. The van der Waals surface area contributed by atoms with Crippen molar-refractivity contribution in [1.29, 1.82) is 0 Å². The first-order chi connectivity index (χ1) is 9.29. The van der Waals surface area contributed by atoms with Crippen LogP contribution in [-0.4, -0.2) is 32.4 Å². The van der Waals surface area contributed by atoms with Crippen LogP contribution in [0.3, 0.4) is 0 Å². The quantitative estimate of drug-likeness (QED) is 0.890. The molecule has 0 spiro atoms. The maximum Gasteiger partial charge on any atom is 0.326 e. The molecule has 0 saturated carbocycles. The summed E-state index contributed by atoms with van der Waals surface area (Å²) >= 11 is 0. The van der Waals surface area contributed by atoms with Gasteiger partial charge in [-0.15, -0.1) is 0 Å². The third kappa shape index (κ3) is 2.79. The topological polar surface area (TPSA) is 83.7 Å². The minimum absolute atomic E-state index is 0.201. The number of hydrogen-bond acceptors (Lipinski definition) is 3. The highest BCUT2D eigenvalue weighted by molar-refractivity contribution is 5.95. The van der Waals surface area contributed by atoms with Crippen LogP contribution in [0.2, 0.25) is 0 Å². The Morgan fingerprint density at radius 3 is 2.60 bits per heavy atom. The molecule has 1 atom stereocenters. The summed E-state index contributed by atoms with van der Waals surface area (Å²) in [5.74, 6) is -1.55. The predicted molar refractivity (Wildman–Crippen MR) is 73.5 cm³/mol. The Hall–Kier alpha value is -2.37. The van der Waals surface area contributed by atoms with Crippen molar-refractivity contribution in [2.75, 3.05) is 0 Å². The number of fused-ring (bicyclic) bond motifs is 1. The lowest BCUT2D eigenvalue weighted by atomic mass is 9.87. The molecule has 1 amide bonds. The molecule has 0 fully saturated rings. The third-order valence-corrected chi connectivity index (χ3v) is 2.99. The SMILES string of the molecule is CC(C)(C)[C@H](NC(=O)c1cn2ccccc2n1)C(=O)O. The minimum Gasteiger partial charge on any atom is -0.480 e. The molecule has 0 aliphatic carbocycles. The molecule has 0 aliphatic heterocycles. The van der Waals surface area contributed by atoms with Gasteiger partial charge in [-0.05, 0) is 17.5 Å². The van der Waals surface area contributed by atoms with Gasteiger partial charge in [-0.1, -0.05) is 26.8 Å². The standard InChI is InChI=1S/C14H17N3O3/c1-14(2,3)11(13(19)20)16-12(18)9-8-17-7-5-4-6-10(17)15-9/h4-8,11H,1-3H3,(H,16,18)(H,19,20)/t11-/m1/s1. The first kappa shape index (κ1) is 14.0. The molecule has 2 aromatic rings. The monoisotopic (exact) mass is 275 g/mol. The zero-order chi connectivity index (χ0) is 14.9. The van der Waals surface area contributed by atoms with Crippen molar-refractivity contribution >= 4 is 17.5 Å². The fourth-order valence-electron chi connectivity index (χ4n) is 1.90. The van der Waals surface area contributed by atoms with Gasteiger partial charge in [-0.25, -0.2) is 9.78 Å². The highest BCUT2D eigenvalue weighted by atomic mass is 16.4. The van der Waals surface area contributed by atoms with Gasteiger partial charge < -0.3 is 14.8 Å². The number of carbonyl (C=O) groups excluding carboxylic acids is 1. The summed E-state index contributed by atoms with van der Waals surface area (Å²) in [7, 11) is 0. The number of amides is 1. The molecule has 20 heavy (non-hydrogen) atoms. The lowest BCUT2D eigenvalue weighted by molar-refractivity contribution is -0.142. The third-order valence-electron chi connectivity index (χ3n) is 2.99. The number of aromatic nitrogens is 2. The zero-order valence-electron chi connectivity index (χ0n) is 11.6. The second-order valence-electron chi connectivity index (χ2n) is 5.70. The van der Waals surface area contributed by atoms with E-state index < -0.39 is 23.3 Å². The average Bonchev–Trinajstić information content (AvgIpc) is 2.77. The van der Waals surface area contributed by atoms with Crippen LogP contribution in [0.25, 0.3) is 5.65 Å². The van der Waals surface area contributed by atoms with Gasteiger partial charge in [0.05, 0.1) is 0 Å². The highest BCUT2D eigenvalue weighted by Gasteiger charge is 2.33. The number of hydrogen-bond donors (Lipinski definition) is 2. The first-order valence-electron chi connectivity index (χ1n) is 6.26. The normalized spacial score (nSPS) is 13.2. The second-order valence-corrected chi connectivity index (χ2v) is 5.70. The molecule has 0 unspecified atom stereocenters. The van der Waals surface area contributed by atoms with Crippen LogP contribution >= 0.6 is 0 Å². The van der Waals surface area contributed by atoms with Gasteiger partial charge in [0.25, 0.3) is 5.91 Å². The molecule has 2 heterocycles. The van der Waals surface area contributed by atoms with Crippen molar-refractivity contribution < 1.29 is 14.7 Å². The minimum atomic E-state index is -1.06. The number of carboxylic acid groups (broad SMARTS) is 1. The van der Waals surface area contributed by atoms with Gasteiger partial charge in [0.2, 0.25) is 0 Å². The molecule has 106 valence electrons. The Labute approximate surface area is 116 Å². The highest BCUT2D eigenvalue weighted by Crippen LogP contribution is 2.20. The van der Waals surface area contributed by atoms with Crippen LogP contribution in [0.5, 0.6) is 0 Å². The molecule has 0 aliphatic rings. The number of imidazole rings is 1. The van der Waals surface area contributed by atoms with E-state index in [4.69, 9.17) is 0 Å². The van der Waals surface area contributed by atoms with Gasteiger partial charge in [-0.2, -0.15) is 0 Å². The van der Waals surface area contributed by atoms with E-state index in [9.17, 15) is 14.7 Å². The Morgan fingerprint density at radius 1 is 1.35 bits per heavy atom. The van der Waals surface area contributed by atoms with Crippen molar-refractivity contribution in [3.63, 3.8) is 0 Å². The Balaban J connectivity index is 2.24. The lowest BCUT2D eigenvalue weighted by Gasteiger charge is -2.27. The molecule has 6 nitrogen and oxygen atoms in total.